The van der Waals surface area contributed by atoms with Gasteiger partial charge in [0, 0.05) is 24.7 Å². The van der Waals surface area contributed by atoms with E-state index in [-0.39, 0.29) is 23.2 Å². The van der Waals surface area contributed by atoms with E-state index >= 15 is 0 Å². The molecule has 2 aromatic heterocycles. The third-order valence-electron chi connectivity index (χ3n) is 4.94. The van der Waals surface area contributed by atoms with Crippen LogP contribution in [0.2, 0.25) is 5.15 Å². The number of hydrogen-bond acceptors (Lipinski definition) is 7. The number of hydrogen-bond donors (Lipinski definition) is 2. The molecule has 0 unspecified atom stereocenters. The molecule has 0 saturated carbocycles. The number of carbonyl (C=O) groups is 1. The maximum Gasteiger partial charge on any atom is 0.304 e. The Morgan fingerprint density at radius 1 is 1.35 bits per heavy atom. The fourth-order valence-electron chi connectivity index (χ4n) is 3.25. The second-order valence-electron chi connectivity index (χ2n) is 7.40. The van der Waals surface area contributed by atoms with Gasteiger partial charge in [-0.05, 0) is 24.0 Å². The Morgan fingerprint density at radius 3 is 2.88 bits per heavy atom. The molecule has 0 aliphatic carbocycles. The van der Waals surface area contributed by atoms with Crippen molar-refractivity contribution >= 4 is 35.1 Å². The SMILES string of the molecule is CCSc1cccnc1CNC(=O)Cn1c(Cl)cnc(NCC(F)(F)C2=CC=CCN2C)c1=O. The first-order valence-electron chi connectivity index (χ1n) is 10.5. The van der Waals surface area contributed by atoms with E-state index in [1.807, 2.05) is 19.1 Å². The number of halogens is 3. The highest BCUT2D eigenvalue weighted by molar-refractivity contribution is 7.99. The Labute approximate surface area is 205 Å². The second-order valence-corrected chi connectivity index (χ2v) is 9.09. The average molecular weight is 511 g/mol. The van der Waals surface area contributed by atoms with Crippen molar-refractivity contribution in [2.24, 2.45) is 0 Å². The second kappa shape index (κ2) is 11.5. The van der Waals surface area contributed by atoms with E-state index in [9.17, 15) is 18.4 Å². The van der Waals surface area contributed by atoms with Gasteiger partial charge in [-0.25, -0.2) is 4.98 Å². The normalized spacial score (nSPS) is 13.6. The van der Waals surface area contributed by atoms with Crippen LogP contribution >= 0.6 is 23.4 Å². The van der Waals surface area contributed by atoms with E-state index in [4.69, 9.17) is 11.6 Å². The number of carbonyl (C=O) groups excluding carboxylic acids is 1. The lowest BCUT2D eigenvalue weighted by Gasteiger charge is -2.30. The topological polar surface area (TPSA) is 92.2 Å². The fraction of sp³-hybridized carbons (Fsp3) is 0.364. The molecule has 3 rings (SSSR count). The number of alkyl halides is 2. The van der Waals surface area contributed by atoms with Crippen LogP contribution in [0.15, 0.2) is 58.1 Å². The molecule has 0 spiro atoms. The minimum Gasteiger partial charge on any atom is -0.369 e. The fourth-order valence-corrected chi connectivity index (χ4v) is 4.21. The zero-order valence-electron chi connectivity index (χ0n) is 18.7. The molecule has 0 radical (unpaired) electrons. The number of thioether (sulfide) groups is 1. The summed E-state index contributed by atoms with van der Waals surface area (Å²) in [5.74, 6) is -3.19. The first kappa shape index (κ1) is 25.7. The molecule has 1 aliphatic heterocycles. The Hall–Kier alpha value is -2.92. The summed E-state index contributed by atoms with van der Waals surface area (Å²) in [6.07, 6.45) is 7.42. The summed E-state index contributed by atoms with van der Waals surface area (Å²) in [4.78, 5) is 35.8. The van der Waals surface area contributed by atoms with Crippen LogP contribution in [-0.4, -0.2) is 57.2 Å². The minimum absolute atomic E-state index is 0.0858. The molecule has 0 saturated heterocycles. The van der Waals surface area contributed by atoms with Crippen molar-refractivity contribution in [1.29, 1.82) is 0 Å². The van der Waals surface area contributed by atoms with Crippen LogP contribution in [0.25, 0.3) is 0 Å². The first-order chi connectivity index (χ1) is 16.2. The molecule has 0 aromatic carbocycles. The Kier molecular flexibility index (Phi) is 8.67. The van der Waals surface area contributed by atoms with Crippen molar-refractivity contribution in [2.45, 2.75) is 30.8 Å². The summed E-state index contributed by atoms with van der Waals surface area (Å²) in [6.45, 7) is 1.31. The van der Waals surface area contributed by atoms with E-state index in [1.165, 1.54) is 11.0 Å². The molecule has 1 amide bonds. The standard InChI is InChI=1S/C22H25ClF2N6O2S/c1-3-34-16-7-6-9-26-15(16)11-27-19(32)13-31-18(23)12-28-20(21(31)33)29-14-22(24,25)17-8-4-5-10-30(17)2/h4-9,12H,3,10-11,13-14H2,1-2H3,(H,27,32)(H,28,29). The van der Waals surface area contributed by atoms with Gasteiger partial charge in [0.05, 0.1) is 30.7 Å². The van der Waals surface area contributed by atoms with Crippen LogP contribution in [0.1, 0.15) is 12.6 Å². The van der Waals surface area contributed by atoms with Gasteiger partial charge < -0.3 is 15.5 Å². The molecule has 0 bridgehead atoms. The van der Waals surface area contributed by atoms with Crippen LogP contribution < -0.4 is 16.2 Å². The Bertz CT molecular complexity index is 1150. The number of allylic oxidation sites excluding steroid dienone is 2. The number of likely N-dealkylation sites (N-methyl/N-ethyl adjacent to an activating group) is 1. The Morgan fingerprint density at radius 2 is 2.15 bits per heavy atom. The van der Waals surface area contributed by atoms with E-state index in [0.29, 0.717) is 12.2 Å². The number of anilines is 1. The predicted octanol–water partition coefficient (Wildman–Crippen LogP) is 3.15. The average Bonchev–Trinajstić information content (AvgIpc) is 2.81. The highest BCUT2D eigenvalue weighted by atomic mass is 35.5. The largest absolute Gasteiger partial charge is 0.369 e. The maximum atomic E-state index is 14.7. The molecule has 182 valence electrons. The van der Waals surface area contributed by atoms with Crippen molar-refractivity contribution < 1.29 is 13.6 Å². The molecule has 34 heavy (non-hydrogen) atoms. The van der Waals surface area contributed by atoms with Crippen molar-refractivity contribution in [1.82, 2.24) is 24.8 Å². The van der Waals surface area contributed by atoms with Crippen molar-refractivity contribution in [3.63, 3.8) is 0 Å². The summed E-state index contributed by atoms with van der Waals surface area (Å²) in [5, 5.41) is 5.03. The molecular weight excluding hydrogens is 486 g/mol. The van der Waals surface area contributed by atoms with E-state index in [0.717, 1.165) is 21.4 Å². The molecule has 0 fully saturated rings. The molecule has 12 heteroatoms. The quantitative estimate of drug-likeness (QED) is 0.474. The van der Waals surface area contributed by atoms with Gasteiger partial charge in [-0.3, -0.25) is 19.1 Å². The number of nitrogens with one attached hydrogen (secondary N) is 2. The van der Waals surface area contributed by atoms with Gasteiger partial charge in [0.2, 0.25) is 5.91 Å². The monoisotopic (exact) mass is 510 g/mol. The summed E-state index contributed by atoms with van der Waals surface area (Å²) in [5.41, 5.74) is -0.243. The van der Waals surface area contributed by atoms with E-state index < -0.39 is 30.5 Å². The lowest BCUT2D eigenvalue weighted by atomic mass is 10.1. The predicted molar refractivity (Wildman–Crippen MR) is 129 cm³/mol. The maximum absolute atomic E-state index is 14.7. The van der Waals surface area contributed by atoms with E-state index in [1.54, 1.807) is 37.2 Å². The summed E-state index contributed by atoms with van der Waals surface area (Å²) in [7, 11) is 1.56. The molecular formula is C22H25ClF2N6O2S. The van der Waals surface area contributed by atoms with Gasteiger partial charge in [-0.15, -0.1) is 11.8 Å². The molecule has 0 atom stereocenters. The zero-order chi connectivity index (χ0) is 24.7. The smallest absolute Gasteiger partial charge is 0.304 e. The van der Waals surface area contributed by atoms with E-state index in [2.05, 4.69) is 20.6 Å². The summed E-state index contributed by atoms with van der Waals surface area (Å²) in [6, 6.07) is 3.73. The molecule has 2 aromatic rings. The van der Waals surface area contributed by atoms with Crippen LogP contribution in [0.3, 0.4) is 0 Å². The third kappa shape index (κ3) is 6.35. The summed E-state index contributed by atoms with van der Waals surface area (Å²) < 4.78 is 30.3. The van der Waals surface area contributed by atoms with Gasteiger partial charge in [0.15, 0.2) is 5.82 Å². The van der Waals surface area contributed by atoms with Crippen LogP contribution in [0, 0.1) is 0 Å². The van der Waals surface area contributed by atoms with Gasteiger partial charge in [0.1, 0.15) is 11.7 Å². The molecule has 1 aliphatic rings. The number of nitrogens with zero attached hydrogens (tertiary/aromatic N) is 4. The van der Waals surface area contributed by atoms with Gasteiger partial charge in [-0.2, -0.15) is 8.78 Å². The van der Waals surface area contributed by atoms with Gasteiger partial charge >= 0.3 is 5.92 Å². The lowest BCUT2D eigenvalue weighted by Crippen LogP contribution is -2.40. The molecule has 8 nitrogen and oxygen atoms in total. The minimum atomic E-state index is -3.24. The van der Waals surface area contributed by atoms with Gasteiger partial charge in [-0.1, -0.05) is 30.7 Å². The summed E-state index contributed by atoms with van der Waals surface area (Å²) >= 11 is 7.67. The van der Waals surface area contributed by atoms with Crippen LogP contribution in [0.5, 0.6) is 0 Å². The number of amides is 1. The van der Waals surface area contributed by atoms with Crippen molar-refractivity contribution in [3.8, 4) is 0 Å². The molecule has 3 heterocycles. The third-order valence-corrected chi connectivity index (χ3v) is 6.22. The van der Waals surface area contributed by atoms with Crippen molar-refractivity contribution in [3.05, 3.63) is 69.7 Å². The van der Waals surface area contributed by atoms with Crippen LogP contribution in [0.4, 0.5) is 14.6 Å². The number of aromatic nitrogens is 3. The highest BCUT2D eigenvalue weighted by Gasteiger charge is 2.37. The highest BCUT2D eigenvalue weighted by Crippen LogP contribution is 2.28. The number of rotatable bonds is 10. The molecule has 2 N–H and O–H groups in total. The van der Waals surface area contributed by atoms with Crippen molar-refractivity contribution in [2.75, 3.05) is 31.2 Å². The Balaban J connectivity index is 1.67. The zero-order valence-corrected chi connectivity index (χ0v) is 20.3. The first-order valence-corrected chi connectivity index (χ1v) is 11.9. The number of pyridine rings is 1. The van der Waals surface area contributed by atoms with Crippen LogP contribution in [-0.2, 0) is 17.9 Å². The van der Waals surface area contributed by atoms with Gasteiger partial charge in [0.25, 0.3) is 5.56 Å². The lowest BCUT2D eigenvalue weighted by molar-refractivity contribution is -0.121.